The fourth-order valence-electron chi connectivity index (χ4n) is 1.96. The van der Waals surface area contributed by atoms with Crippen LogP contribution in [0.2, 0.25) is 5.02 Å². The standard InChI is InChI=1S/C16H14Br2ClNO/c1-16(2,10-3-5-11(17)6-4-10)20-15(21)13-9-12(18)7-8-14(13)19/h3-9H,1-2H3,(H,20,21). The largest absolute Gasteiger partial charge is 0.343 e. The molecule has 5 heteroatoms. The summed E-state index contributed by atoms with van der Waals surface area (Å²) >= 11 is 12.9. The highest BCUT2D eigenvalue weighted by molar-refractivity contribution is 9.10. The molecule has 0 aliphatic rings. The molecule has 1 N–H and O–H groups in total. The molecule has 1 amide bonds. The second-order valence-electron chi connectivity index (χ2n) is 5.21. The van der Waals surface area contributed by atoms with Gasteiger partial charge in [0.15, 0.2) is 0 Å². The topological polar surface area (TPSA) is 29.1 Å². The Labute approximate surface area is 146 Å². The minimum Gasteiger partial charge on any atom is -0.343 e. The second-order valence-corrected chi connectivity index (χ2v) is 7.45. The van der Waals surface area contributed by atoms with Crippen molar-refractivity contribution in [3.05, 3.63) is 67.6 Å². The van der Waals surface area contributed by atoms with Gasteiger partial charge in [-0.25, -0.2) is 0 Å². The van der Waals surface area contributed by atoms with E-state index in [9.17, 15) is 4.79 Å². The zero-order valence-corrected chi connectivity index (χ0v) is 15.5. The van der Waals surface area contributed by atoms with Gasteiger partial charge in [0.25, 0.3) is 5.91 Å². The molecule has 0 saturated heterocycles. The van der Waals surface area contributed by atoms with Gasteiger partial charge in [-0.1, -0.05) is 55.6 Å². The molecule has 0 aromatic heterocycles. The van der Waals surface area contributed by atoms with E-state index in [0.717, 1.165) is 14.5 Å². The Hall–Kier alpha value is -0.840. The Morgan fingerprint density at radius 1 is 1.05 bits per heavy atom. The first-order valence-electron chi connectivity index (χ1n) is 6.33. The molecular weight excluding hydrogens is 417 g/mol. The summed E-state index contributed by atoms with van der Waals surface area (Å²) in [6, 6.07) is 13.1. The predicted molar refractivity (Wildman–Crippen MR) is 93.8 cm³/mol. The van der Waals surface area contributed by atoms with Crippen LogP contribution in [0.3, 0.4) is 0 Å². The molecule has 110 valence electrons. The number of carbonyl (C=O) groups excluding carboxylic acids is 1. The monoisotopic (exact) mass is 429 g/mol. The van der Waals surface area contributed by atoms with Gasteiger partial charge in [0.05, 0.1) is 16.1 Å². The molecule has 2 aromatic carbocycles. The van der Waals surface area contributed by atoms with Crippen LogP contribution in [-0.2, 0) is 5.54 Å². The van der Waals surface area contributed by atoms with Gasteiger partial charge in [-0.05, 0) is 49.7 Å². The lowest BCUT2D eigenvalue weighted by molar-refractivity contribution is 0.0912. The number of benzene rings is 2. The summed E-state index contributed by atoms with van der Waals surface area (Å²) in [5.74, 6) is -0.200. The molecule has 2 aromatic rings. The highest BCUT2D eigenvalue weighted by Crippen LogP contribution is 2.25. The van der Waals surface area contributed by atoms with Crippen molar-refractivity contribution >= 4 is 49.4 Å². The van der Waals surface area contributed by atoms with Crippen molar-refractivity contribution in [1.82, 2.24) is 5.32 Å². The van der Waals surface area contributed by atoms with Crippen LogP contribution in [0.15, 0.2) is 51.4 Å². The predicted octanol–water partition coefficient (Wildman–Crippen LogP) is 5.53. The van der Waals surface area contributed by atoms with Crippen LogP contribution in [0.1, 0.15) is 29.8 Å². The second kappa shape index (κ2) is 6.51. The Morgan fingerprint density at radius 2 is 1.62 bits per heavy atom. The van der Waals surface area contributed by atoms with Gasteiger partial charge < -0.3 is 5.32 Å². The number of carbonyl (C=O) groups is 1. The first kappa shape index (κ1) is 16.5. The van der Waals surface area contributed by atoms with Gasteiger partial charge in [0.1, 0.15) is 0 Å². The lowest BCUT2D eigenvalue weighted by Crippen LogP contribution is -2.41. The van der Waals surface area contributed by atoms with Crippen LogP contribution in [0.25, 0.3) is 0 Å². The summed E-state index contributed by atoms with van der Waals surface area (Å²) in [7, 11) is 0. The van der Waals surface area contributed by atoms with Gasteiger partial charge in [0, 0.05) is 8.95 Å². The zero-order chi connectivity index (χ0) is 15.6. The van der Waals surface area contributed by atoms with Crippen LogP contribution in [-0.4, -0.2) is 5.91 Å². The van der Waals surface area contributed by atoms with E-state index in [1.54, 1.807) is 18.2 Å². The summed E-state index contributed by atoms with van der Waals surface area (Å²) < 4.78 is 1.82. The Bertz CT molecular complexity index is 668. The highest BCUT2D eigenvalue weighted by atomic mass is 79.9. The van der Waals surface area contributed by atoms with E-state index >= 15 is 0 Å². The average molecular weight is 432 g/mol. The molecule has 0 heterocycles. The number of rotatable bonds is 3. The van der Waals surface area contributed by atoms with Crippen molar-refractivity contribution in [2.45, 2.75) is 19.4 Å². The summed E-state index contributed by atoms with van der Waals surface area (Å²) in [5.41, 5.74) is 0.977. The molecule has 0 unspecified atom stereocenters. The lowest BCUT2D eigenvalue weighted by atomic mass is 9.94. The molecule has 0 fully saturated rings. The highest BCUT2D eigenvalue weighted by Gasteiger charge is 2.24. The van der Waals surface area contributed by atoms with E-state index in [1.807, 2.05) is 38.1 Å². The van der Waals surface area contributed by atoms with E-state index in [-0.39, 0.29) is 5.91 Å². The normalized spacial score (nSPS) is 11.3. The van der Waals surface area contributed by atoms with Crippen LogP contribution in [0, 0.1) is 0 Å². The minimum absolute atomic E-state index is 0.200. The summed E-state index contributed by atoms with van der Waals surface area (Å²) in [5, 5.41) is 3.45. The SMILES string of the molecule is CC(C)(NC(=O)c1cc(Br)ccc1Cl)c1ccc(Br)cc1. The molecular formula is C16H14Br2ClNO. The molecule has 0 spiro atoms. The molecule has 0 aliphatic heterocycles. The number of amides is 1. The Balaban J connectivity index is 2.25. The maximum Gasteiger partial charge on any atom is 0.253 e. The molecule has 0 radical (unpaired) electrons. The minimum atomic E-state index is -0.497. The molecule has 0 atom stereocenters. The zero-order valence-electron chi connectivity index (χ0n) is 11.6. The van der Waals surface area contributed by atoms with Crippen molar-refractivity contribution in [2.24, 2.45) is 0 Å². The molecule has 2 rings (SSSR count). The van der Waals surface area contributed by atoms with Crippen molar-refractivity contribution < 1.29 is 4.79 Å². The van der Waals surface area contributed by atoms with Crippen LogP contribution in [0.4, 0.5) is 0 Å². The summed E-state index contributed by atoms with van der Waals surface area (Å²) in [4.78, 5) is 12.4. The maximum absolute atomic E-state index is 12.4. The third-order valence-corrected chi connectivity index (χ3v) is 4.52. The van der Waals surface area contributed by atoms with E-state index in [2.05, 4.69) is 37.2 Å². The number of hydrogen-bond donors (Lipinski definition) is 1. The third kappa shape index (κ3) is 4.09. The lowest BCUT2D eigenvalue weighted by Gasteiger charge is -2.27. The fourth-order valence-corrected chi connectivity index (χ4v) is 2.79. The van der Waals surface area contributed by atoms with Crippen LogP contribution >= 0.6 is 43.5 Å². The molecule has 0 saturated carbocycles. The number of nitrogens with one attached hydrogen (secondary N) is 1. The van der Waals surface area contributed by atoms with Crippen molar-refractivity contribution in [2.75, 3.05) is 0 Å². The van der Waals surface area contributed by atoms with E-state index < -0.39 is 5.54 Å². The first-order valence-corrected chi connectivity index (χ1v) is 8.29. The molecule has 2 nitrogen and oxygen atoms in total. The third-order valence-electron chi connectivity index (χ3n) is 3.16. The number of hydrogen-bond acceptors (Lipinski definition) is 1. The quantitative estimate of drug-likeness (QED) is 0.680. The Kier molecular flexibility index (Phi) is 5.12. The van der Waals surface area contributed by atoms with Gasteiger partial charge in [-0.2, -0.15) is 0 Å². The Morgan fingerprint density at radius 3 is 2.24 bits per heavy atom. The smallest absolute Gasteiger partial charge is 0.253 e. The van der Waals surface area contributed by atoms with Crippen molar-refractivity contribution in [3.63, 3.8) is 0 Å². The van der Waals surface area contributed by atoms with Gasteiger partial charge >= 0.3 is 0 Å². The van der Waals surface area contributed by atoms with Gasteiger partial charge in [-0.15, -0.1) is 0 Å². The molecule has 0 aliphatic carbocycles. The molecule has 21 heavy (non-hydrogen) atoms. The van der Waals surface area contributed by atoms with Crippen molar-refractivity contribution in [1.29, 1.82) is 0 Å². The summed E-state index contributed by atoms with van der Waals surface area (Å²) in [6.07, 6.45) is 0. The van der Waals surface area contributed by atoms with Crippen molar-refractivity contribution in [3.8, 4) is 0 Å². The van der Waals surface area contributed by atoms with E-state index in [0.29, 0.717) is 10.6 Å². The van der Waals surface area contributed by atoms with Crippen LogP contribution < -0.4 is 5.32 Å². The maximum atomic E-state index is 12.4. The van der Waals surface area contributed by atoms with Gasteiger partial charge in [-0.3, -0.25) is 4.79 Å². The fraction of sp³-hybridized carbons (Fsp3) is 0.188. The average Bonchev–Trinajstić information content (AvgIpc) is 2.41. The molecule has 0 bridgehead atoms. The summed E-state index contributed by atoms with van der Waals surface area (Å²) in [6.45, 7) is 3.92. The van der Waals surface area contributed by atoms with Gasteiger partial charge in [0.2, 0.25) is 0 Å². The first-order chi connectivity index (χ1) is 9.79. The van der Waals surface area contributed by atoms with E-state index in [4.69, 9.17) is 11.6 Å². The number of halogens is 3. The van der Waals surface area contributed by atoms with E-state index in [1.165, 1.54) is 0 Å². The van der Waals surface area contributed by atoms with Crippen LogP contribution in [0.5, 0.6) is 0 Å².